The second-order valence-corrected chi connectivity index (χ2v) is 11.8. The van der Waals surface area contributed by atoms with E-state index < -0.39 is 17.9 Å². The van der Waals surface area contributed by atoms with E-state index in [9.17, 15) is 9.59 Å². The normalized spacial score (nSPS) is 14.6. The number of carbonyl (C=O) groups is 2. The molecule has 44 heavy (non-hydrogen) atoms. The van der Waals surface area contributed by atoms with Gasteiger partial charge < -0.3 is 24.8 Å². The Labute approximate surface area is 283 Å². The molecule has 0 radical (unpaired) electrons. The molecule has 0 aliphatic carbocycles. The van der Waals surface area contributed by atoms with Crippen molar-refractivity contribution in [2.45, 2.75) is 26.5 Å². The average molecular weight is 741 g/mol. The third kappa shape index (κ3) is 8.64. The largest absolute Gasteiger partial charge is 0.487 e. The molecule has 0 aromatic heterocycles. The van der Waals surface area contributed by atoms with E-state index in [2.05, 4.69) is 37.1 Å². The molecule has 0 spiro atoms. The smallest absolute Gasteiger partial charge is 0.338 e. The van der Waals surface area contributed by atoms with Gasteiger partial charge in [-0.3, -0.25) is 4.79 Å². The zero-order valence-electron chi connectivity index (χ0n) is 23.4. The lowest BCUT2D eigenvalue weighted by Crippen LogP contribution is -2.45. The molecule has 3 aromatic carbocycles. The van der Waals surface area contributed by atoms with Gasteiger partial charge in [-0.2, -0.15) is 5.10 Å². The van der Waals surface area contributed by atoms with Crippen LogP contribution in [0.15, 0.2) is 75.4 Å². The quantitative estimate of drug-likeness (QED) is 0.0846. The predicted octanol–water partition coefficient (Wildman–Crippen LogP) is 6.87. The molecule has 14 heteroatoms. The SMILES string of the molecule is CCOC(=O)C1=C(C)NC(=S)N[C@@H]1c1ccccc1OCC(=O)NN=Cc1cc(Cl)cc(Br)c1OCc1ccc(Cl)cc1Cl. The van der Waals surface area contributed by atoms with Gasteiger partial charge in [0, 0.05) is 37.5 Å². The van der Waals surface area contributed by atoms with Crippen LogP contribution in [0.1, 0.15) is 36.6 Å². The van der Waals surface area contributed by atoms with E-state index in [0.717, 1.165) is 5.56 Å². The van der Waals surface area contributed by atoms with Gasteiger partial charge in [0.15, 0.2) is 11.7 Å². The van der Waals surface area contributed by atoms with Gasteiger partial charge in [0.2, 0.25) is 0 Å². The maximum Gasteiger partial charge on any atom is 0.338 e. The van der Waals surface area contributed by atoms with Gasteiger partial charge in [-0.25, -0.2) is 10.2 Å². The lowest BCUT2D eigenvalue weighted by molar-refractivity contribution is -0.139. The molecule has 0 unspecified atom stereocenters. The first-order valence-electron chi connectivity index (χ1n) is 13.1. The Morgan fingerprint density at radius 2 is 1.86 bits per heavy atom. The first-order chi connectivity index (χ1) is 21.1. The summed E-state index contributed by atoms with van der Waals surface area (Å²) < 4.78 is 17.7. The van der Waals surface area contributed by atoms with Crippen molar-refractivity contribution in [1.29, 1.82) is 0 Å². The van der Waals surface area contributed by atoms with Crippen molar-refractivity contribution in [2.24, 2.45) is 5.10 Å². The first kappa shape index (κ1) is 33.5. The number of para-hydroxylation sites is 1. The molecule has 0 fully saturated rings. The number of amides is 1. The first-order valence-corrected chi connectivity index (χ1v) is 15.5. The van der Waals surface area contributed by atoms with Gasteiger partial charge in [0.25, 0.3) is 5.91 Å². The Morgan fingerprint density at radius 3 is 2.61 bits per heavy atom. The van der Waals surface area contributed by atoms with Crippen LogP contribution in [0.2, 0.25) is 15.1 Å². The highest BCUT2D eigenvalue weighted by Crippen LogP contribution is 2.35. The molecule has 1 atom stereocenters. The molecule has 1 aliphatic rings. The molecule has 4 rings (SSSR count). The third-order valence-corrected chi connectivity index (χ3v) is 7.78. The lowest BCUT2D eigenvalue weighted by Gasteiger charge is -2.30. The number of carbonyl (C=O) groups excluding carboxylic acids is 2. The summed E-state index contributed by atoms with van der Waals surface area (Å²) in [6.45, 7) is 3.47. The number of halogens is 4. The minimum absolute atomic E-state index is 0.153. The van der Waals surface area contributed by atoms with Gasteiger partial charge in [0.05, 0.1) is 28.9 Å². The summed E-state index contributed by atoms with van der Waals surface area (Å²) in [7, 11) is 0. The fourth-order valence-corrected chi connectivity index (χ4v) is 5.91. The third-order valence-electron chi connectivity index (χ3n) is 6.17. The number of nitrogens with zero attached hydrogens (tertiary/aromatic N) is 1. The number of nitrogens with one attached hydrogen (secondary N) is 3. The second kappa shape index (κ2) is 15.6. The van der Waals surface area contributed by atoms with Crippen molar-refractivity contribution < 1.29 is 23.8 Å². The maximum atomic E-state index is 12.8. The molecule has 9 nitrogen and oxygen atoms in total. The molecule has 1 amide bonds. The van der Waals surface area contributed by atoms with Gasteiger partial charge in [-0.05, 0) is 72.3 Å². The molecule has 3 aromatic rings. The average Bonchev–Trinajstić information content (AvgIpc) is 2.96. The van der Waals surface area contributed by atoms with Crippen molar-refractivity contribution in [1.82, 2.24) is 16.1 Å². The zero-order chi connectivity index (χ0) is 31.8. The van der Waals surface area contributed by atoms with E-state index >= 15 is 0 Å². The topological polar surface area (TPSA) is 110 Å². The summed E-state index contributed by atoms with van der Waals surface area (Å²) in [5.74, 6) is -0.208. The fraction of sp³-hybridized carbons (Fsp3) is 0.200. The number of ether oxygens (including phenoxy) is 3. The molecule has 0 saturated heterocycles. The predicted molar refractivity (Wildman–Crippen MR) is 179 cm³/mol. The Kier molecular flexibility index (Phi) is 11.9. The van der Waals surface area contributed by atoms with Gasteiger partial charge in [0.1, 0.15) is 18.1 Å². The molecule has 1 aliphatic heterocycles. The molecule has 3 N–H and O–H groups in total. The van der Waals surface area contributed by atoms with Gasteiger partial charge in [-0.1, -0.05) is 59.1 Å². The minimum atomic E-state index is -0.650. The molecule has 1 heterocycles. The summed E-state index contributed by atoms with van der Waals surface area (Å²) in [5.41, 5.74) is 5.19. The highest BCUT2D eigenvalue weighted by Gasteiger charge is 2.32. The van der Waals surface area contributed by atoms with Crippen molar-refractivity contribution >= 4 is 86.2 Å². The molecular weight excluding hydrogens is 715 g/mol. The minimum Gasteiger partial charge on any atom is -0.487 e. The highest BCUT2D eigenvalue weighted by molar-refractivity contribution is 9.10. The number of hydrogen-bond donors (Lipinski definition) is 3. The van der Waals surface area contributed by atoms with E-state index in [1.165, 1.54) is 6.21 Å². The van der Waals surface area contributed by atoms with Crippen molar-refractivity contribution in [3.05, 3.63) is 102 Å². The van der Waals surface area contributed by atoms with Crippen molar-refractivity contribution in [2.75, 3.05) is 13.2 Å². The van der Waals surface area contributed by atoms with Crippen LogP contribution in [-0.2, 0) is 20.9 Å². The number of hydrogen-bond acceptors (Lipinski definition) is 7. The number of esters is 1. The van der Waals surface area contributed by atoms with Crippen LogP contribution < -0.4 is 25.5 Å². The van der Waals surface area contributed by atoms with Gasteiger partial charge >= 0.3 is 5.97 Å². The number of allylic oxidation sites excluding steroid dienone is 1. The number of rotatable bonds is 11. The lowest BCUT2D eigenvalue weighted by atomic mass is 9.95. The van der Waals surface area contributed by atoms with E-state index in [1.807, 2.05) is 0 Å². The molecular formula is C30H26BrCl3N4O5S. The van der Waals surface area contributed by atoms with Crippen LogP contribution in [-0.4, -0.2) is 36.4 Å². The summed E-state index contributed by atoms with van der Waals surface area (Å²) in [4.78, 5) is 25.4. The Bertz CT molecular complexity index is 1650. The molecule has 230 valence electrons. The molecule has 0 saturated carbocycles. The van der Waals surface area contributed by atoms with Crippen LogP contribution in [0, 0.1) is 0 Å². The Balaban J connectivity index is 1.44. The summed E-state index contributed by atoms with van der Waals surface area (Å²) in [6, 6.07) is 14.8. The maximum absolute atomic E-state index is 12.8. The van der Waals surface area contributed by atoms with Crippen LogP contribution in [0.5, 0.6) is 11.5 Å². The Hall–Kier alpha value is -3.35. The van der Waals surface area contributed by atoms with Crippen LogP contribution in [0.4, 0.5) is 0 Å². The monoisotopic (exact) mass is 738 g/mol. The van der Waals surface area contributed by atoms with Gasteiger partial charge in [-0.15, -0.1) is 0 Å². The van der Waals surface area contributed by atoms with Crippen LogP contribution in [0.3, 0.4) is 0 Å². The fourth-order valence-electron chi connectivity index (χ4n) is 4.22. The van der Waals surface area contributed by atoms with Crippen LogP contribution in [0.25, 0.3) is 0 Å². The standard InChI is InChI=1S/C30H26BrCl3N4O5S/c1-3-41-29(40)26-16(2)36-30(44)37-27(26)21-6-4-5-7-24(21)42-15-25(39)38-35-13-18-10-20(33)11-22(31)28(18)43-14-17-8-9-19(32)12-23(17)34/h4-13,27H,3,14-15H2,1-2H3,(H,38,39)(H2,36,37,44)/t27-/m1/s1. The van der Waals surface area contributed by atoms with E-state index in [1.54, 1.807) is 68.4 Å². The van der Waals surface area contributed by atoms with Crippen molar-refractivity contribution in [3.8, 4) is 11.5 Å². The van der Waals surface area contributed by atoms with Crippen molar-refractivity contribution in [3.63, 3.8) is 0 Å². The summed E-state index contributed by atoms with van der Waals surface area (Å²) in [5, 5.41) is 11.9. The Morgan fingerprint density at radius 1 is 1.09 bits per heavy atom. The van der Waals surface area contributed by atoms with E-state index in [0.29, 0.717) is 58.5 Å². The zero-order valence-corrected chi connectivity index (χ0v) is 28.1. The molecule has 0 bridgehead atoms. The van der Waals surface area contributed by atoms with Crippen LogP contribution >= 0.6 is 63.0 Å². The number of benzene rings is 3. The van der Waals surface area contributed by atoms with E-state index in [-0.39, 0.29) is 19.8 Å². The summed E-state index contributed by atoms with van der Waals surface area (Å²) in [6.07, 6.45) is 1.40. The highest BCUT2D eigenvalue weighted by atomic mass is 79.9. The van der Waals surface area contributed by atoms with E-state index in [4.69, 9.17) is 61.2 Å². The number of hydrazone groups is 1. The second-order valence-electron chi connectivity index (χ2n) is 9.24. The summed E-state index contributed by atoms with van der Waals surface area (Å²) >= 11 is 27.3. The number of thiocarbonyl (C=S) groups is 1.